The molecule has 1 fully saturated rings. The zero-order valence-corrected chi connectivity index (χ0v) is 13.8. The summed E-state index contributed by atoms with van der Waals surface area (Å²) in [5.74, 6) is 0.0428. The molecule has 0 saturated carbocycles. The zero-order chi connectivity index (χ0) is 15.2. The van der Waals surface area contributed by atoms with Crippen LogP contribution in [-0.4, -0.2) is 50.8 Å². The molecular formula is C12H24ClF3N2O2S. The Morgan fingerprint density at radius 3 is 2.29 bits per heavy atom. The van der Waals surface area contributed by atoms with Crippen molar-refractivity contribution in [3.63, 3.8) is 0 Å². The first-order valence-corrected chi connectivity index (χ1v) is 8.61. The first kappa shape index (κ1) is 20.9. The monoisotopic (exact) mass is 352 g/mol. The fourth-order valence-electron chi connectivity index (χ4n) is 2.32. The summed E-state index contributed by atoms with van der Waals surface area (Å²) < 4.78 is 61.3. The molecule has 0 aromatic rings. The average molecular weight is 353 g/mol. The van der Waals surface area contributed by atoms with Crippen molar-refractivity contribution in [3.8, 4) is 0 Å². The van der Waals surface area contributed by atoms with Crippen LogP contribution in [0.4, 0.5) is 13.2 Å². The van der Waals surface area contributed by atoms with E-state index in [2.05, 4.69) is 5.32 Å². The Labute approximate surface area is 130 Å². The number of rotatable bonds is 7. The molecule has 0 aliphatic carbocycles. The van der Waals surface area contributed by atoms with E-state index < -0.39 is 28.4 Å². The highest BCUT2D eigenvalue weighted by Gasteiger charge is 2.30. The minimum absolute atomic E-state index is 0. The fraction of sp³-hybridized carbons (Fsp3) is 1.00. The number of halogens is 4. The lowest BCUT2D eigenvalue weighted by molar-refractivity contribution is -0.134. The molecule has 0 aromatic carbocycles. The first-order valence-electron chi connectivity index (χ1n) is 7.00. The van der Waals surface area contributed by atoms with E-state index in [1.807, 2.05) is 6.92 Å². The molecule has 1 aliphatic rings. The predicted octanol–water partition coefficient (Wildman–Crippen LogP) is 2.40. The number of nitrogens with zero attached hydrogens (tertiary/aromatic N) is 1. The van der Waals surface area contributed by atoms with Gasteiger partial charge in [-0.15, -0.1) is 12.4 Å². The molecule has 0 unspecified atom stereocenters. The molecule has 0 amide bonds. The van der Waals surface area contributed by atoms with Gasteiger partial charge in [0.1, 0.15) is 0 Å². The minimum Gasteiger partial charge on any atom is -0.317 e. The highest BCUT2D eigenvalue weighted by atomic mass is 35.5. The Kier molecular flexibility index (Phi) is 9.15. The Morgan fingerprint density at radius 1 is 1.24 bits per heavy atom. The van der Waals surface area contributed by atoms with E-state index in [4.69, 9.17) is 0 Å². The third-order valence-corrected chi connectivity index (χ3v) is 5.47. The van der Waals surface area contributed by atoms with E-state index in [0.29, 0.717) is 19.0 Å². The number of alkyl halides is 3. The van der Waals surface area contributed by atoms with Crippen molar-refractivity contribution >= 4 is 22.4 Å². The van der Waals surface area contributed by atoms with Crippen molar-refractivity contribution in [2.75, 3.05) is 31.9 Å². The van der Waals surface area contributed by atoms with Crippen LogP contribution >= 0.6 is 12.4 Å². The summed E-state index contributed by atoms with van der Waals surface area (Å²) in [6.45, 7) is 4.61. The summed E-state index contributed by atoms with van der Waals surface area (Å²) in [6, 6.07) is 0. The van der Waals surface area contributed by atoms with E-state index in [0.717, 1.165) is 25.9 Å². The van der Waals surface area contributed by atoms with Gasteiger partial charge in [-0.05, 0) is 38.3 Å². The van der Waals surface area contributed by atoms with Crippen molar-refractivity contribution in [2.24, 2.45) is 5.92 Å². The highest BCUT2D eigenvalue weighted by Crippen LogP contribution is 2.23. The van der Waals surface area contributed by atoms with Crippen LogP contribution in [0, 0.1) is 5.92 Å². The normalized spacial score (nSPS) is 18.5. The van der Waals surface area contributed by atoms with E-state index in [1.165, 1.54) is 4.31 Å². The summed E-state index contributed by atoms with van der Waals surface area (Å²) in [5.41, 5.74) is 0. The van der Waals surface area contributed by atoms with Gasteiger partial charge in [-0.2, -0.15) is 13.2 Å². The van der Waals surface area contributed by atoms with Gasteiger partial charge in [0, 0.05) is 19.5 Å². The van der Waals surface area contributed by atoms with Gasteiger partial charge in [-0.1, -0.05) is 6.92 Å². The largest absolute Gasteiger partial charge is 0.389 e. The molecule has 21 heavy (non-hydrogen) atoms. The van der Waals surface area contributed by atoms with Gasteiger partial charge in [0.25, 0.3) is 0 Å². The molecule has 1 heterocycles. The Morgan fingerprint density at radius 2 is 1.81 bits per heavy atom. The van der Waals surface area contributed by atoms with Gasteiger partial charge in [-0.3, -0.25) is 0 Å². The number of nitrogens with one attached hydrogen (secondary N) is 1. The predicted molar refractivity (Wildman–Crippen MR) is 79.2 cm³/mol. The second-order valence-corrected chi connectivity index (χ2v) is 7.27. The minimum atomic E-state index is -4.28. The molecule has 1 aliphatic heterocycles. The summed E-state index contributed by atoms with van der Waals surface area (Å²) in [4.78, 5) is 0. The Balaban J connectivity index is 0.00000400. The smallest absolute Gasteiger partial charge is 0.317 e. The fourth-order valence-corrected chi connectivity index (χ4v) is 3.86. The van der Waals surface area contributed by atoms with Crippen LogP contribution in [-0.2, 0) is 10.0 Å². The van der Waals surface area contributed by atoms with Crippen LogP contribution in [0.15, 0.2) is 0 Å². The van der Waals surface area contributed by atoms with E-state index in [1.54, 1.807) is 0 Å². The Bertz CT molecular complexity index is 382. The molecule has 0 aromatic heterocycles. The van der Waals surface area contributed by atoms with Crippen molar-refractivity contribution < 1.29 is 21.6 Å². The zero-order valence-electron chi connectivity index (χ0n) is 12.2. The van der Waals surface area contributed by atoms with Crippen molar-refractivity contribution in [2.45, 2.75) is 38.8 Å². The van der Waals surface area contributed by atoms with Crippen LogP contribution in [0.1, 0.15) is 32.6 Å². The highest BCUT2D eigenvalue weighted by molar-refractivity contribution is 7.89. The lowest BCUT2D eigenvalue weighted by Gasteiger charge is -2.31. The van der Waals surface area contributed by atoms with Gasteiger partial charge < -0.3 is 5.32 Å². The van der Waals surface area contributed by atoms with Crippen LogP contribution in [0.25, 0.3) is 0 Å². The van der Waals surface area contributed by atoms with E-state index in [-0.39, 0.29) is 18.8 Å². The molecular weight excluding hydrogens is 329 g/mol. The van der Waals surface area contributed by atoms with Gasteiger partial charge in [-0.25, -0.2) is 12.7 Å². The van der Waals surface area contributed by atoms with Crippen LogP contribution in [0.2, 0.25) is 0 Å². The van der Waals surface area contributed by atoms with Crippen LogP contribution < -0.4 is 5.32 Å². The van der Waals surface area contributed by atoms with E-state index >= 15 is 0 Å². The van der Waals surface area contributed by atoms with Crippen LogP contribution in [0.3, 0.4) is 0 Å². The lowest BCUT2D eigenvalue weighted by Crippen LogP contribution is -2.41. The molecule has 128 valence electrons. The second kappa shape index (κ2) is 9.17. The quantitative estimate of drug-likeness (QED) is 0.765. The summed E-state index contributed by atoms with van der Waals surface area (Å²) in [6.07, 6.45) is -4.14. The second-order valence-electron chi connectivity index (χ2n) is 5.18. The third-order valence-electron chi connectivity index (χ3n) is 3.51. The van der Waals surface area contributed by atoms with Gasteiger partial charge in [0.2, 0.25) is 10.0 Å². The number of hydrogen-bond donors (Lipinski definition) is 1. The molecule has 0 atom stereocenters. The molecule has 9 heteroatoms. The SMILES string of the molecule is CCNCC1CCN(S(=O)(=O)CCCC(F)(F)F)CC1.Cl. The van der Waals surface area contributed by atoms with Gasteiger partial charge in [0.05, 0.1) is 5.75 Å². The molecule has 4 nitrogen and oxygen atoms in total. The van der Waals surface area contributed by atoms with Gasteiger partial charge in [0.15, 0.2) is 0 Å². The summed E-state index contributed by atoms with van der Waals surface area (Å²) in [5, 5.41) is 3.23. The maximum absolute atomic E-state index is 12.0. The molecule has 0 radical (unpaired) electrons. The molecule has 1 N–H and O–H groups in total. The summed E-state index contributed by atoms with van der Waals surface area (Å²) >= 11 is 0. The maximum Gasteiger partial charge on any atom is 0.389 e. The number of hydrogen-bond acceptors (Lipinski definition) is 3. The first-order chi connectivity index (χ1) is 9.24. The molecule has 0 spiro atoms. The standard InChI is InChI=1S/C12H23F3N2O2S.ClH/c1-2-16-10-11-4-7-17(8-5-11)20(18,19)9-3-6-12(13,14)15;/h11,16H,2-10H2,1H3;1H. The number of piperidine rings is 1. The Hall–Kier alpha value is -0.0500. The van der Waals surface area contributed by atoms with Gasteiger partial charge >= 0.3 is 6.18 Å². The number of sulfonamides is 1. The van der Waals surface area contributed by atoms with Crippen molar-refractivity contribution in [3.05, 3.63) is 0 Å². The molecule has 1 rings (SSSR count). The summed E-state index contributed by atoms with van der Waals surface area (Å²) in [7, 11) is -3.54. The van der Waals surface area contributed by atoms with Crippen molar-refractivity contribution in [1.82, 2.24) is 9.62 Å². The van der Waals surface area contributed by atoms with E-state index in [9.17, 15) is 21.6 Å². The third kappa shape index (κ3) is 8.23. The lowest BCUT2D eigenvalue weighted by atomic mass is 9.98. The molecule has 0 bridgehead atoms. The topological polar surface area (TPSA) is 49.4 Å². The molecule has 1 saturated heterocycles. The van der Waals surface area contributed by atoms with Crippen LogP contribution in [0.5, 0.6) is 0 Å². The maximum atomic E-state index is 12.0. The average Bonchev–Trinajstić information content (AvgIpc) is 2.35. The van der Waals surface area contributed by atoms with Crippen molar-refractivity contribution in [1.29, 1.82) is 0 Å².